The fourth-order valence-corrected chi connectivity index (χ4v) is 4.40. The van der Waals surface area contributed by atoms with Gasteiger partial charge in [-0.1, -0.05) is 53.5 Å². The molecule has 10 heteroatoms. The molecule has 0 spiro atoms. The highest BCUT2D eigenvalue weighted by molar-refractivity contribution is 6.33. The van der Waals surface area contributed by atoms with Crippen LogP contribution in [0.25, 0.3) is 12.2 Å². The summed E-state index contributed by atoms with van der Waals surface area (Å²) >= 11 is 12.6. The van der Waals surface area contributed by atoms with Gasteiger partial charge in [-0.25, -0.2) is 0 Å². The number of carbonyl (C=O) groups excluding carboxylic acids is 1. The fourth-order valence-electron chi connectivity index (χ4n) is 4.06. The highest BCUT2D eigenvalue weighted by atomic mass is 35.5. The number of hydrogen-bond donors (Lipinski definition) is 0. The van der Waals surface area contributed by atoms with Gasteiger partial charge in [0.25, 0.3) is 0 Å². The molecule has 0 unspecified atom stereocenters. The summed E-state index contributed by atoms with van der Waals surface area (Å²) in [7, 11) is 0. The molecular weight excluding hydrogens is 545 g/mol. The SMILES string of the molecule is O=C1C(=Cc2cc(OC(F)F)ccc2Cl)CN(Cc2ccccc2)CC1=Cc1cc(OC(F)F)ccc1Cl. The zero-order valence-corrected chi connectivity index (χ0v) is 21.2. The molecule has 1 saturated heterocycles. The molecule has 0 aromatic heterocycles. The molecule has 4 nitrogen and oxygen atoms in total. The maximum absolute atomic E-state index is 13.5. The number of ether oxygens (including phenoxy) is 2. The van der Waals surface area contributed by atoms with Crippen LogP contribution in [0.4, 0.5) is 17.6 Å². The minimum Gasteiger partial charge on any atom is -0.435 e. The van der Waals surface area contributed by atoms with Gasteiger partial charge < -0.3 is 9.47 Å². The number of carbonyl (C=O) groups is 1. The van der Waals surface area contributed by atoms with Gasteiger partial charge in [-0.15, -0.1) is 0 Å². The van der Waals surface area contributed by atoms with Gasteiger partial charge in [0, 0.05) is 40.8 Å². The monoisotopic (exact) mass is 565 g/mol. The van der Waals surface area contributed by atoms with Gasteiger partial charge in [-0.05, 0) is 65.2 Å². The molecule has 4 rings (SSSR count). The van der Waals surface area contributed by atoms with Crippen LogP contribution >= 0.6 is 23.2 Å². The fraction of sp³-hybridized carbons (Fsp3) is 0.179. The number of piperidine rings is 1. The third-order valence-electron chi connectivity index (χ3n) is 5.66. The molecule has 1 aliphatic heterocycles. The Balaban J connectivity index is 1.73. The summed E-state index contributed by atoms with van der Waals surface area (Å²) in [4.78, 5) is 15.5. The first kappa shape index (κ1) is 27.7. The number of ketones is 1. The summed E-state index contributed by atoms with van der Waals surface area (Å²) in [6, 6.07) is 17.7. The summed E-state index contributed by atoms with van der Waals surface area (Å²) in [6.07, 6.45) is 3.07. The van der Waals surface area contributed by atoms with Crippen molar-refractivity contribution < 1.29 is 31.8 Å². The van der Waals surface area contributed by atoms with Crippen LogP contribution in [0.3, 0.4) is 0 Å². The topological polar surface area (TPSA) is 38.8 Å². The lowest BCUT2D eigenvalue weighted by atomic mass is 9.93. The van der Waals surface area contributed by atoms with Crippen molar-refractivity contribution in [3.8, 4) is 11.5 Å². The quantitative estimate of drug-likeness (QED) is 0.207. The second-order valence-corrected chi connectivity index (χ2v) is 9.24. The van der Waals surface area contributed by atoms with Gasteiger partial charge in [0.05, 0.1) is 0 Å². The molecule has 0 radical (unpaired) electrons. The van der Waals surface area contributed by atoms with Gasteiger partial charge in [0.2, 0.25) is 0 Å². The molecule has 3 aromatic carbocycles. The van der Waals surface area contributed by atoms with Crippen molar-refractivity contribution in [2.75, 3.05) is 13.1 Å². The molecule has 0 aliphatic carbocycles. The van der Waals surface area contributed by atoms with Crippen LogP contribution < -0.4 is 9.47 Å². The van der Waals surface area contributed by atoms with E-state index >= 15 is 0 Å². The molecule has 0 amide bonds. The second-order valence-electron chi connectivity index (χ2n) is 8.42. The van der Waals surface area contributed by atoms with E-state index in [9.17, 15) is 22.4 Å². The standard InChI is InChI=1S/C28H21Cl2F4NO3/c29-24-8-6-22(37-27(31)32)12-18(24)10-20-15-35(14-17-4-2-1-3-5-17)16-21(26(20)36)11-19-13-23(38-28(33)34)7-9-25(19)30/h1-13,27-28H,14-16H2. The number of halogens is 6. The Kier molecular flexibility index (Phi) is 9.09. The van der Waals surface area contributed by atoms with E-state index in [4.69, 9.17) is 23.2 Å². The third kappa shape index (κ3) is 7.37. The first-order chi connectivity index (χ1) is 18.2. The average molecular weight is 566 g/mol. The van der Waals surface area contributed by atoms with E-state index in [2.05, 4.69) is 9.47 Å². The smallest absolute Gasteiger partial charge is 0.387 e. The van der Waals surface area contributed by atoms with E-state index in [0.29, 0.717) is 28.8 Å². The van der Waals surface area contributed by atoms with Crippen molar-refractivity contribution in [1.82, 2.24) is 4.90 Å². The van der Waals surface area contributed by atoms with Crippen LogP contribution in [0.15, 0.2) is 77.9 Å². The van der Waals surface area contributed by atoms with Crippen LogP contribution in [-0.4, -0.2) is 37.0 Å². The third-order valence-corrected chi connectivity index (χ3v) is 6.35. The molecule has 1 aliphatic rings. The zero-order chi connectivity index (χ0) is 27.2. The summed E-state index contributed by atoms with van der Waals surface area (Å²) in [6.45, 7) is -5.02. The van der Waals surface area contributed by atoms with Crippen molar-refractivity contribution >= 4 is 41.1 Å². The zero-order valence-electron chi connectivity index (χ0n) is 19.7. The van der Waals surface area contributed by atoms with E-state index in [-0.39, 0.29) is 40.4 Å². The first-order valence-corrected chi connectivity index (χ1v) is 12.1. The maximum atomic E-state index is 13.5. The Morgan fingerprint density at radius 3 is 1.68 bits per heavy atom. The molecule has 198 valence electrons. The van der Waals surface area contributed by atoms with E-state index in [1.54, 1.807) is 0 Å². The van der Waals surface area contributed by atoms with Gasteiger partial charge in [0.15, 0.2) is 5.78 Å². The molecule has 1 heterocycles. The Hall–Kier alpha value is -3.33. The Labute approximate surface area is 226 Å². The lowest BCUT2D eigenvalue weighted by molar-refractivity contribution is -0.113. The molecular formula is C28H21Cl2F4NO3. The minimum absolute atomic E-state index is 0.0981. The molecule has 0 N–H and O–H groups in total. The number of benzene rings is 3. The number of Topliss-reactive ketones (excluding diaryl/α,β-unsaturated/α-hetero) is 1. The second kappa shape index (κ2) is 12.5. The van der Waals surface area contributed by atoms with E-state index < -0.39 is 13.2 Å². The highest BCUT2D eigenvalue weighted by Crippen LogP contribution is 2.31. The molecule has 0 bridgehead atoms. The van der Waals surface area contributed by atoms with Crippen LogP contribution in [0.5, 0.6) is 11.5 Å². The lowest BCUT2D eigenvalue weighted by Crippen LogP contribution is -2.37. The van der Waals surface area contributed by atoms with Gasteiger partial charge in [0.1, 0.15) is 11.5 Å². The maximum Gasteiger partial charge on any atom is 0.387 e. The van der Waals surface area contributed by atoms with Gasteiger partial charge in [-0.2, -0.15) is 17.6 Å². The lowest BCUT2D eigenvalue weighted by Gasteiger charge is -2.30. The van der Waals surface area contributed by atoms with E-state index in [1.165, 1.54) is 48.6 Å². The summed E-state index contributed by atoms with van der Waals surface area (Å²) in [5.41, 5.74) is 2.38. The normalized spacial score (nSPS) is 16.6. The van der Waals surface area contributed by atoms with Crippen molar-refractivity contribution in [2.24, 2.45) is 0 Å². The van der Waals surface area contributed by atoms with Crippen LogP contribution in [0, 0.1) is 0 Å². The minimum atomic E-state index is -3.02. The number of nitrogens with zero attached hydrogens (tertiary/aromatic N) is 1. The van der Waals surface area contributed by atoms with Gasteiger partial charge >= 0.3 is 13.2 Å². The summed E-state index contributed by atoms with van der Waals surface area (Å²) in [5.74, 6) is -0.514. The van der Waals surface area contributed by atoms with Crippen molar-refractivity contribution in [1.29, 1.82) is 0 Å². The molecule has 1 fully saturated rings. The summed E-state index contributed by atoms with van der Waals surface area (Å²) in [5, 5.41) is 0.495. The average Bonchev–Trinajstić information content (AvgIpc) is 2.86. The molecule has 0 atom stereocenters. The molecule has 38 heavy (non-hydrogen) atoms. The Morgan fingerprint density at radius 1 is 0.763 bits per heavy atom. The van der Waals surface area contributed by atoms with Crippen LogP contribution in [0.2, 0.25) is 10.0 Å². The van der Waals surface area contributed by atoms with Crippen molar-refractivity contribution in [2.45, 2.75) is 19.8 Å². The van der Waals surface area contributed by atoms with Crippen LogP contribution in [0.1, 0.15) is 16.7 Å². The predicted molar refractivity (Wildman–Crippen MR) is 139 cm³/mol. The largest absolute Gasteiger partial charge is 0.435 e. The summed E-state index contributed by atoms with van der Waals surface area (Å²) < 4.78 is 59.8. The van der Waals surface area contributed by atoms with E-state index in [0.717, 1.165) is 5.56 Å². The molecule has 0 saturated carbocycles. The van der Waals surface area contributed by atoms with E-state index in [1.807, 2.05) is 35.2 Å². The van der Waals surface area contributed by atoms with Crippen molar-refractivity contribution in [3.05, 3.63) is 105 Å². The Morgan fingerprint density at radius 2 is 1.24 bits per heavy atom. The highest BCUT2D eigenvalue weighted by Gasteiger charge is 2.27. The Bertz CT molecular complexity index is 1280. The molecule has 3 aromatic rings. The number of hydrogen-bond acceptors (Lipinski definition) is 4. The van der Waals surface area contributed by atoms with Crippen LogP contribution in [-0.2, 0) is 11.3 Å². The van der Waals surface area contributed by atoms with Gasteiger partial charge in [-0.3, -0.25) is 9.69 Å². The number of rotatable bonds is 8. The van der Waals surface area contributed by atoms with Crippen molar-refractivity contribution in [3.63, 3.8) is 0 Å². The predicted octanol–water partition coefficient (Wildman–Crippen LogP) is 7.75. The number of likely N-dealkylation sites (tertiary alicyclic amines) is 1. The first-order valence-electron chi connectivity index (χ1n) is 11.4. The number of alkyl halides is 4.